The fourth-order valence-electron chi connectivity index (χ4n) is 3.78. The van der Waals surface area contributed by atoms with Gasteiger partial charge < -0.3 is 15.0 Å². The number of carbonyl (C=O) groups is 2. The summed E-state index contributed by atoms with van der Waals surface area (Å²) < 4.78 is 32.3. The number of morpholine rings is 1. The highest BCUT2D eigenvalue weighted by molar-refractivity contribution is 7.14. The van der Waals surface area contributed by atoms with E-state index in [1.807, 2.05) is 6.07 Å². The van der Waals surface area contributed by atoms with Gasteiger partial charge in [-0.05, 0) is 49.1 Å². The number of nitrogens with one attached hydrogen (secondary N) is 1. The summed E-state index contributed by atoms with van der Waals surface area (Å²) in [5.74, 6) is -1.46. The summed E-state index contributed by atoms with van der Waals surface area (Å²) in [6, 6.07) is 5.11. The van der Waals surface area contributed by atoms with E-state index in [1.165, 1.54) is 11.3 Å². The minimum atomic E-state index is -0.540. The molecule has 1 N–H and O–H groups in total. The third kappa shape index (κ3) is 4.48. The zero-order valence-corrected chi connectivity index (χ0v) is 16.7. The molecule has 0 spiro atoms. The third-order valence-electron chi connectivity index (χ3n) is 5.42. The summed E-state index contributed by atoms with van der Waals surface area (Å²) >= 11 is 1.51. The van der Waals surface area contributed by atoms with Gasteiger partial charge in [-0.15, -0.1) is 11.3 Å². The first-order valence-electron chi connectivity index (χ1n) is 9.71. The van der Waals surface area contributed by atoms with Gasteiger partial charge in [-0.2, -0.15) is 0 Å². The Balaban J connectivity index is 1.38. The fraction of sp³-hybridized carbons (Fsp3) is 0.429. The van der Waals surface area contributed by atoms with Gasteiger partial charge in [0.2, 0.25) is 5.91 Å². The van der Waals surface area contributed by atoms with Gasteiger partial charge >= 0.3 is 0 Å². The molecule has 4 rings (SSSR count). The van der Waals surface area contributed by atoms with E-state index >= 15 is 0 Å². The Morgan fingerprint density at radius 3 is 2.79 bits per heavy atom. The Hall–Kier alpha value is -2.32. The lowest BCUT2D eigenvalue weighted by molar-refractivity contribution is -0.125. The molecule has 0 radical (unpaired) electrons. The molecule has 1 aliphatic carbocycles. The van der Waals surface area contributed by atoms with Crippen LogP contribution in [0.5, 0.6) is 0 Å². The van der Waals surface area contributed by atoms with Gasteiger partial charge in [-0.1, -0.05) is 0 Å². The predicted molar refractivity (Wildman–Crippen MR) is 105 cm³/mol. The minimum Gasteiger partial charge on any atom is -0.378 e. The average molecular weight is 420 g/mol. The Labute approximate surface area is 171 Å². The first-order chi connectivity index (χ1) is 14.0. The number of amides is 2. The Morgan fingerprint density at radius 2 is 2.00 bits per heavy atom. The summed E-state index contributed by atoms with van der Waals surface area (Å²) in [5.41, 5.74) is 1.17. The van der Waals surface area contributed by atoms with Crippen molar-refractivity contribution in [2.45, 2.75) is 25.8 Å². The third-order valence-corrected chi connectivity index (χ3v) is 6.65. The quantitative estimate of drug-likeness (QED) is 0.828. The summed E-state index contributed by atoms with van der Waals surface area (Å²) in [6.07, 6.45) is 1.97. The Bertz CT molecular complexity index is 925. The number of thiophene rings is 1. The Morgan fingerprint density at radius 1 is 1.21 bits per heavy atom. The number of fused-ring (bicyclic) bond motifs is 1. The van der Waals surface area contributed by atoms with Gasteiger partial charge in [0, 0.05) is 36.0 Å². The van der Waals surface area contributed by atoms with Crippen molar-refractivity contribution in [3.8, 4) is 0 Å². The second-order valence-electron chi connectivity index (χ2n) is 7.36. The largest absolute Gasteiger partial charge is 0.378 e. The molecule has 2 amide bonds. The van der Waals surface area contributed by atoms with Gasteiger partial charge in [0.25, 0.3) is 5.91 Å². The van der Waals surface area contributed by atoms with Crippen molar-refractivity contribution in [3.05, 3.63) is 56.8 Å². The maximum absolute atomic E-state index is 13.7. The molecule has 0 bridgehead atoms. The number of carbonyl (C=O) groups excluding carboxylic acids is 2. The first-order valence-corrected chi connectivity index (χ1v) is 10.5. The van der Waals surface area contributed by atoms with Crippen LogP contribution < -0.4 is 5.32 Å². The van der Waals surface area contributed by atoms with Gasteiger partial charge in [0.05, 0.1) is 18.1 Å². The van der Waals surface area contributed by atoms with Crippen LogP contribution in [0.1, 0.15) is 32.1 Å². The molecule has 0 unspecified atom stereocenters. The van der Waals surface area contributed by atoms with Gasteiger partial charge in [0.15, 0.2) is 0 Å². The lowest BCUT2D eigenvalue weighted by Crippen LogP contribution is -2.40. The summed E-state index contributed by atoms with van der Waals surface area (Å²) in [5, 5.41) is 2.72. The highest BCUT2D eigenvalue weighted by Gasteiger charge is 2.29. The molecule has 1 fully saturated rings. The second kappa shape index (κ2) is 8.59. The number of aryl methyl sites for hydroxylation is 1. The van der Waals surface area contributed by atoms with E-state index in [2.05, 4.69) is 5.32 Å². The molecule has 1 atom stereocenters. The average Bonchev–Trinajstić information content (AvgIpc) is 3.17. The van der Waals surface area contributed by atoms with Crippen LogP contribution in [0.4, 0.5) is 8.78 Å². The molecule has 2 aromatic rings. The van der Waals surface area contributed by atoms with Crippen molar-refractivity contribution in [3.63, 3.8) is 0 Å². The smallest absolute Gasteiger partial charge is 0.264 e. The van der Waals surface area contributed by atoms with Crippen molar-refractivity contribution in [2.24, 2.45) is 5.92 Å². The van der Waals surface area contributed by atoms with Crippen molar-refractivity contribution in [1.82, 2.24) is 10.2 Å². The monoisotopic (exact) mass is 420 g/mol. The highest BCUT2D eigenvalue weighted by atomic mass is 32.1. The van der Waals surface area contributed by atoms with Crippen LogP contribution in [0, 0.1) is 17.6 Å². The molecular weight excluding hydrogens is 398 g/mol. The highest BCUT2D eigenvalue weighted by Crippen LogP contribution is 2.33. The van der Waals surface area contributed by atoms with E-state index in [-0.39, 0.29) is 29.8 Å². The second-order valence-corrected chi connectivity index (χ2v) is 8.49. The molecule has 2 heterocycles. The van der Waals surface area contributed by atoms with Crippen LogP contribution in [-0.4, -0.2) is 43.0 Å². The molecule has 2 aliphatic rings. The zero-order chi connectivity index (χ0) is 20.4. The maximum atomic E-state index is 13.7. The van der Waals surface area contributed by atoms with Crippen molar-refractivity contribution in [1.29, 1.82) is 0 Å². The summed E-state index contributed by atoms with van der Waals surface area (Å²) in [7, 11) is 0. The molecule has 1 aromatic carbocycles. The van der Waals surface area contributed by atoms with E-state index in [9.17, 15) is 18.4 Å². The molecule has 1 saturated heterocycles. The van der Waals surface area contributed by atoms with Crippen molar-refractivity contribution in [2.75, 3.05) is 26.3 Å². The minimum absolute atomic E-state index is 0.0234. The topological polar surface area (TPSA) is 58.6 Å². The molecule has 1 aromatic heterocycles. The van der Waals surface area contributed by atoms with E-state index in [4.69, 9.17) is 4.74 Å². The molecular formula is C21H22F2N2O3S. The van der Waals surface area contributed by atoms with Crippen molar-refractivity contribution < 1.29 is 23.1 Å². The van der Waals surface area contributed by atoms with Crippen LogP contribution >= 0.6 is 11.3 Å². The van der Waals surface area contributed by atoms with Crippen LogP contribution in [0.25, 0.3) is 0 Å². The molecule has 0 saturated carbocycles. The van der Waals surface area contributed by atoms with Crippen molar-refractivity contribution >= 4 is 23.2 Å². The number of rotatable bonds is 4. The predicted octanol–water partition coefficient (Wildman–Crippen LogP) is 2.92. The van der Waals surface area contributed by atoms with E-state index in [0.717, 1.165) is 35.1 Å². The number of benzene rings is 1. The number of hydrogen-bond donors (Lipinski definition) is 1. The number of hydrogen-bond acceptors (Lipinski definition) is 4. The van der Waals surface area contributed by atoms with Gasteiger partial charge in [-0.3, -0.25) is 9.59 Å². The lowest BCUT2D eigenvalue weighted by Gasteiger charge is -2.26. The summed E-state index contributed by atoms with van der Waals surface area (Å²) in [4.78, 5) is 28.9. The molecule has 5 nitrogen and oxygen atoms in total. The van der Waals surface area contributed by atoms with Gasteiger partial charge in [0.1, 0.15) is 11.6 Å². The van der Waals surface area contributed by atoms with Crippen LogP contribution in [-0.2, 0) is 28.9 Å². The number of ether oxygens (including phenoxy) is 1. The molecule has 1 aliphatic heterocycles. The van der Waals surface area contributed by atoms with Gasteiger partial charge in [-0.25, -0.2) is 8.78 Å². The van der Waals surface area contributed by atoms with E-state index < -0.39 is 11.6 Å². The van der Waals surface area contributed by atoms with Crippen LogP contribution in [0.3, 0.4) is 0 Å². The summed E-state index contributed by atoms with van der Waals surface area (Å²) in [6.45, 7) is 2.28. The van der Waals surface area contributed by atoms with Crippen LogP contribution in [0.2, 0.25) is 0 Å². The number of halogens is 2. The Kier molecular flexibility index (Phi) is 5.91. The van der Waals surface area contributed by atoms with Crippen LogP contribution in [0.15, 0.2) is 24.3 Å². The standard InChI is InChI=1S/C21H22F2N2O3S/c22-16-2-3-17(23)15(10-16)12-24-20(26)13-1-4-18-14(9-13)11-19(29-18)21(27)25-5-7-28-8-6-25/h2-3,10-11,13H,1,4-9,12H2,(H,24,26)/t13-/m1/s1. The molecule has 29 heavy (non-hydrogen) atoms. The molecule has 154 valence electrons. The SMILES string of the molecule is O=C(NCc1cc(F)ccc1F)[C@@H]1CCc2sc(C(=O)N3CCOCC3)cc2C1. The number of nitrogens with zero attached hydrogens (tertiary/aromatic N) is 1. The zero-order valence-electron chi connectivity index (χ0n) is 15.9. The lowest BCUT2D eigenvalue weighted by atomic mass is 9.87. The first kappa shape index (κ1) is 20.0. The fourth-order valence-corrected chi connectivity index (χ4v) is 4.96. The molecule has 8 heteroatoms. The maximum Gasteiger partial charge on any atom is 0.264 e. The van der Waals surface area contributed by atoms with E-state index in [1.54, 1.807) is 4.90 Å². The van der Waals surface area contributed by atoms with E-state index in [0.29, 0.717) is 44.0 Å². The normalized spacial score (nSPS) is 19.0.